The van der Waals surface area contributed by atoms with Gasteiger partial charge in [0, 0.05) is 45.8 Å². The lowest BCUT2D eigenvalue weighted by Crippen LogP contribution is -2.59. The fourth-order valence-corrected chi connectivity index (χ4v) is 8.88. The Morgan fingerprint density at radius 3 is 1.57 bits per heavy atom. The van der Waals surface area contributed by atoms with Gasteiger partial charge in [0.15, 0.2) is 0 Å². The zero-order chi connectivity index (χ0) is 60.4. The van der Waals surface area contributed by atoms with E-state index in [0.717, 1.165) is 56.3 Å². The Labute approximate surface area is 473 Å². The van der Waals surface area contributed by atoms with Crippen LogP contribution in [0.2, 0.25) is 0 Å². The van der Waals surface area contributed by atoms with Crippen LogP contribution in [-0.4, -0.2) is 209 Å². The van der Waals surface area contributed by atoms with E-state index in [1.807, 2.05) is 0 Å². The van der Waals surface area contributed by atoms with E-state index in [9.17, 15) is 78.0 Å². The number of carboxylic acid groups (broad SMARTS) is 4. The molecule has 0 aromatic carbocycles. The molecule has 1 aliphatic heterocycles. The van der Waals surface area contributed by atoms with Gasteiger partial charge in [0.05, 0.1) is 39.5 Å². The lowest BCUT2D eigenvalue weighted by molar-refractivity contribution is -0.142. The Morgan fingerprint density at radius 2 is 1.02 bits per heavy atom. The van der Waals surface area contributed by atoms with Gasteiger partial charge in [-0.1, -0.05) is 64.2 Å². The summed E-state index contributed by atoms with van der Waals surface area (Å²) in [4.78, 5) is 150. The molecule has 0 spiro atoms. The molecule has 28 nitrogen and oxygen atoms in total. The van der Waals surface area contributed by atoms with E-state index in [-0.39, 0.29) is 96.3 Å². The highest BCUT2D eigenvalue weighted by atomic mass is 16.5. The van der Waals surface area contributed by atoms with E-state index < -0.39 is 122 Å². The summed E-state index contributed by atoms with van der Waals surface area (Å²) in [7, 11) is 0. The van der Waals surface area contributed by atoms with Crippen molar-refractivity contribution in [3.8, 4) is 0 Å². The summed E-state index contributed by atoms with van der Waals surface area (Å²) in [6.45, 7) is 0.192. The number of nitrogens with zero attached hydrogens (tertiary/aromatic N) is 2. The molecule has 0 unspecified atom stereocenters. The number of nitrogens with one attached hydrogen (secondary N) is 6. The van der Waals surface area contributed by atoms with Crippen LogP contribution >= 0.6 is 0 Å². The summed E-state index contributed by atoms with van der Waals surface area (Å²) >= 11 is 0. The van der Waals surface area contributed by atoms with Crippen LogP contribution in [0.15, 0.2) is 0 Å². The van der Waals surface area contributed by atoms with Crippen molar-refractivity contribution in [2.24, 2.45) is 5.73 Å². The topological polar surface area (TPSA) is 429 Å². The van der Waals surface area contributed by atoms with Crippen LogP contribution < -0.4 is 37.6 Å². The highest BCUT2D eigenvalue weighted by Crippen LogP contribution is 2.18. The maximum atomic E-state index is 13.8. The highest BCUT2D eigenvalue weighted by Gasteiger charge is 2.36. The monoisotopic (exact) mass is 1160 g/mol. The molecule has 81 heavy (non-hydrogen) atoms. The first kappa shape index (κ1) is 72.5. The quantitative estimate of drug-likeness (QED) is 0.0354. The normalized spacial score (nSPS) is 14.5. The molecule has 0 aromatic heterocycles. The molecule has 462 valence electrons. The largest absolute Gasteiger partial charge is 0.481 e. The minimum atomic E-state index is -1.66. The molecular formula is C53H91N9O19. The zero-order valence-electron chi connectivity index (χ0n) is 47.1. The van der Waals surface area contributed by atoms with Crippen LogP contribution in [0, 0.1) is 0 Å². The fraction of sp³-hybridized carbons (Fsp3) is 0.774. The molecule has 1 heterocycles. The minimum absolute atomic E-state index is 0.00877. The SMILES string of the molecule is CC(=O)N1CCC[C@H]1C(=O)N[C@@H](CO)C(=O)N[C@@H](CCC(=O)O)C(=O)N[C@@H](CCCCN(CC(=O)O)CC(=O)O)C(=O)N[C@@H](CCCCNC(=O)COCCOCCNC(=O)CCCCCCCCCCCCCCC(=O)O)C(N)=O. The van der Waals surface area contributed by atoms with E-state index >= 15 is 0 Å². The fourth-order valence-electron chi connectivity index (χ4n) is 8.88. The van der Waals surface area contributed by atoms with Gasteiger partial charge in [-0.2, -0.15) is 0 Å². The van der Waals surface area contributed by atoms with Gasteiger partial charge in [0.25, 0.3) is 0 Å². The summed E-state index contributed by atoms with van der Waals surface area (Å²) in [6, 6.07) is -6.99. The number of likely N-dealkylation sites (tertiary alicyclic amines) is 1. The van der Waals surface area contributed by atoms with E-state index in [0.29, 0.717) is 32.4 Å². The lowest BCUT2D eigenvalue weighted by atomic mass is 10.0. The summed E-state index contributed by atoms with van der Waals surface area (Å²) in [5, 5.41) is 61.7. The molecule has 28 heteroatoms. The van der Waals surface area contributed by atoms with Crippen molar-refractivity contribution in [3.05, 3.63) is 0 Å². The van der Waals surface area contributed by atoms with Gasteiger partial charge in [0.2, 0.25) is 47.3 Å². The summed E-state index contributed by atoms with van der Waals surface area (Å²) in [5.41, 5.74) is 5.63. The Bertz CT molecular complexity index is 1960. The summed E-state index contributed by atoms with van der Waals surface area (Å²) < 4.78 is 10.8. The van der Waals surface area contributed by atoms with Crippen LogP contribution in [0.5, 0.6) is 0 Å². The highest BCUT2D eigenvalue weighted by molar-refractivity contribution is 5.96. The standard InChI is InChI=1S/C53H91N9O19/c1-37(64)62-29-18-21-42(62)53(79)60-41(35-63)52(78)59-40(24-25-46(69)70)51(77)58-39(20-15-17-28-61(33-47(71)72)34-48(73)74)50(76)57-38(49(54)75)19-14-16-26-55-44(66)36-81-32-31-80-30-27-56-43(65)22-12-10-8-6-4-2-3-5-7-9-11-13-23-45(67)68/h38-42,63H,2-36H2,1H3,(H2,54,75)(H,55,66)(H,56,65)(H,57,76)(H,58,77)(H,59,78)(H,60,79)(H,67,68)(H,69,70)(H,71,72)(H,73,74)/t38-,39-,40-,41-,42-/m0/s1. The molecule has 0 radical (unpaired) electrons. The molecule has 1 rings (SSSR count). The number of nitrogens with two attached hydrogens (primary N) is 1. The Kier molecular flexibility index (Phi) is 39.5. The molecule has 0 aromatic rings. The van der Waals surface area contributed by atoms with Crippen molar-refractivity contribution in [2.75, 3.05) is 72.3 Å². The van der Waals surface area contributed by atoms with Crippen LogP contribution in [0.1, 0.15) is 161 Å². The van der Waals surface area contributed by atoms with Crippen molar-refractivity contribution in [1.82, 2.24) is 41.7 Å². The number of aliphatic hydroxyl groups is 1. The van der Waals surface area contributed by atoms with Gasteiger partial charge < -0.3 is 77.5 Å². The van der Waals surface area contributed by atoms with Gasteiger partial charge >= 0.3 is 23.9 Å². The first-order chi connectivity index (χ1) is 38.6. The van der Waals surface area contributed by atoms with Crippen LogP contribution in [0.4, 0.5) is 0 Å². The third kappa shape index (κ3) is 36.5. The average Bonchev–Trinajstić information content (AvgIpc) is 3.97. The molecule has 1 saturated heterocycles. The van der Waals surface area contributed by atoms with Gasteiger partial charge in [0.1, 0.15) is 36.8 Å². The number of unbranched alkanes of at least 4 members (excludes halogenated alkanes) is 13. The molecule has 8 amide bonds. The Balaban J connectivity index is 2.64. The molecule has 0 saturated carbocycles. The van der Waals surface area contributed by atoms with Gasteiger partial charge in [-0.3, -0.25) is 62.4 Å². The molecule has 1 aliphatic rings. The van der Waals surface area contributed by atoms with Crippen LogP contribution in [-0.2, 0) is 67.0 Å². The summed E-state index contributed by atoms with van der Waals surface area (Å²) in [6.07, 6.45) is 13.7. The minimum Gasteiger partial charge on any atom is -0.481 e. The first-order valence-corrected chi connectivity index (χ1v) is 28.3. The molecule has 13 N–H and O–H groups in total. The third-order valence-corrected chi connectivity index (χ3v) is 13.2. The Morgan fingerprint density at radius 1 is 0.531 bits per heavy atom. The number of hydrogen-bond acceptors (Lipinski definition) is 16. The van der Waals surface area contributed by atoms with Crippen molar-refractivity contribution in [1.29, 1.82) is 0 Å². The van der Waals surface area contributed by atoms with Crippen LogP contribution in [0.25, 0.3) is 0 Å². The second-order valence-electron chi connectivity index (χ2n) is 20.1. The number of carbonyl (C=O) groups is 12. The molecular weight excluding hydrogens is 1070 g/mol. The zero-order valence-corrected chi connectivity index (χ0v) is 47.1. The predicted octanol–water partition coefficient (Wildman–Crippen LogP) is -0.0977. The van der Waals surface area contributed by atoms with E-state index in [4.69, 9.17) is 20.3 Å². The number of amides is 8. The van der Waals surface area contributed by atoms with Gasteiger partial charge in [-0.05, 0) is 77.2 Å². The van der Waals surface area contributed by atoms with Crippen molar-refractivity contribution >= 4 is 71.1 Å². The van der Waals surface area contributed by atoms with Crippen molar-refractivity contribution < 1.29 is 92.5 Å². The second kappa shape index (κ2) is 44.2. The number of hydrogen-bond donors (Lipinski definition) is 12. The average molecular weight is 1160 g/mol. The number of carbonyl (C=O) groups excluding carboxylic acids is 8. The van der Waals surface area contributed by atoms with Gasteiger partial charge in [-0.15, -0.1) is 0 Å². The van der Waals surface area contributed by atoms with E-state index in [2.05, 4.69) is 31.9 Å². The number of rotatable bonds is 50. The number of primary amides is 1. The van der Waals surface area contributed by atoms with Crippen molar-refractivity contribution in [2.45, 2.75) is 191 Å². The second-order valence-corrected chi connectivity index (χ2v) is 20.1. The Hall–Kier alpha value is -6.52. The maximum Gasteiger partial charge on any atom is 0.317 e. The maximum absolute atomic E-state index is 13.8. The smallest absolute Gasteiger partial charge is 0.317 e. The first-order valence-electron chi connectivity index (χ1n) is 28.3. The number of ether oxygens (including phenoxy) is 2. The number of carboxylic acids is 4. The molecule has 5 atom stereocenters. The van der Waals surface area contributed by atoms with Crippen LogP contribution in [0.3, 0.4) is 0 Å². The van der Waals surface area contributed by atoms with Crippen molar-refractivity contribution in [3.63, 3.8) is 0 Å². The molecule has 1 fully saturated rings. The lowest BCUT2D eigenvalue weighted by Gasteiger charge is -2.27. The molecule has 0 aliphatic carbocycles. The van der Waals surface area contributed by atoms with Gasteiger partial charge in [-0.25, -0.2) is 0 Å². The number of aliphatic carboxylic acids is 4. The van der Waals surface area contributed by atoms with E-state index in [1.165, 1.54) is 37.5 Å². The third-order valence-electron chi connectivity index (χ3n) is 13.2. The predicted molar refractivity (Wildman–Crippen MR) is 291 cm³/mol. The molecule has 0 bridgehead atoms. The number of aliphatic hydroxyl groups excluding tert-OH is 1. The summed E-state index contributed by atoms with van der Waals surface area (Å²) in [5.74, 6) is -10.3. The van der Waals surface area contributed by atoms with E-state index in [1.54, 1.807) is 0 Å².